The Morgan fingerprint density at radius 2 is 1.42 bits per heavy atom. The molecule has 5 nitrogen and oxygen atoms in total. The third kappa shape index (κ3) is 4.63. The van der Waals surface area contributed by atoms with E-state index in [9.17, 15) is 9.90 Å². The van der Waals surface area contributed by atoms with E-state index in [2.05, 4.69) is 9.80 Å². The average molecular weight is 331 g/mol. The van der Waals surface area contributed by atoms with E-state index in [0.29, 0.717) is 12.3 Å². The molecule has 1 aromatic rings. The van der Waals surface area contributed by atoms with Crippen molar-refractivity contribution in [2.45, 2.75) is 32.1 Å². The highest BCUT2D eigenvalue weighted by Crippen LogP contribution is 2.20. The van der Waals surface area contributed by atoms with Crippen LogP contribution < -0.4 is 4.90 Å². The molecule has 1 aromatic carbocycles. The first-order valence-electron chi connectivity index (χ1n) is 9.26. The molecule has 2 fully saturated rings. The van der Waals surface area contributed by atoms with Crippen molar-refractivity contribution in [1.82, 2.24) is 9.80 Å². The smallest absolute Gasteiger partial charge is 0.236 e. The summed E-state index contributed by atoms with van der Waals surface area (Å²) in [5.41, 5.74) is 1.11. The molecule has 0 saturated carbocycles. The number of rotatable bonds is 3. The van der Waals surface area contributed by atoms with Crippen molar-refractivity contribution in [2.75, 3.05) is 50.7 Å². The lowest BCUT2D eigenvalue weighted by atomic mass is 10.1. The Kier molecular flexibility index (Phi) is 5.96. The monoisotopic (exact) mass is 331 g/mol. The number of anilines is 1. The lowest BCUT2D eigenvalue weighted by molar-refractivity contribution is -0.132. The predicted molar refractivity (Wildman–Crippen MR) is 96.4 cm³/mol. The Bertz CT molecular complexity index is 516. The topological polar surface area (TPSA) is 47.0 Å². The van der Waals surface area contributed by atoms with Crippen LogP contribution in [0.25, 0.3) is 0 Å². The molecule has 0 bridgehead atoms. The molecule has 5 heteroatoms. The van der Waals surface area contributed by atoms with Crippen LogP contribution in [0.4, 0.5) is 5.69 Å². The highest BCUT2D eigenvalue weighted by Gasteiger charge is 2.23. The molecule has 0 aliphatic carbocycles. The molecule has 3 rings (SSSR count). The third-order valence-corrected chi connectivity index (χ3v) is 5.15. The van der Waals surface area contributed by atoms with Gasteiger partial charge in [0.05, 0.1) is 6.54 Å². The lowest BCUT2D eigenvalue weighted by Crippen LogP contribution is -2.51. The van der Waals surface area contributed by atoms with Crippen LogP contribution in [0.15, 0.2) is 24.3 Å². The molecule has 0 unspecified atom stereocenters. The number of carbonyl (C=O) groups excluding carboxylic acids is 1. The first kappa shape index (κ1) is 17.1. The highest BCUT2D eigenvalue weighted by molar-refractivity contribution is 5.78. The van der Waals surface area contributed by atoms with Gasteiger partial charge in [0.1, 0.15) is 5.75 Å². The molecule has 0 spiro atoms. The molecule has 1 amide bonds. The van der Waals surface area contributed by atoms with E-state index in [1.54, 1.807) is 12.1 Å². The number of hydrogen-bond donors (Lipinski definition) is 1. The number of piperazine rings is 1. The van der Waals surface area contributed by atoms with Gasteiger partial charge in [0, 0.05) is 31.9 Å². The van der Waals surface area contributed by atoms with Crippen LogP contribution in [0.2, 0.25) is 0 Å². The van der Waals surface area contributed by atoms with Crippen molar-refractivity contribution in [3.63, 3.8) is 0 Å². The fourth-order valence-corrected chi connectivity index (χ4v) is 3.64. The zero-order valence-corrected chi connectivity index (χ0v) is 14.5. The van der Waals surface area contributed by atoms with Gasteiger partial charge in [-0.15, -0.1) is 0 Å². The maximum Gasteiger partial charge on any atom is 0.236 e. The minimum Gasteiger partial charge on any atom is -0.508 e. The number of aromatic hydroxyl groups is 1. The minimum absolute atomic E-state index is 0.279. The largest absolute Gasteiger partial charge is 0.508 e. The Hall–Kier alpha value is -1.75. The van der Waals surface area contributed by atoms with Crippen LogP contribution in [0.3, 0.4) is 0 Å². The van der Waals surface area contributed by atoms with Crippen LogP contribution >= 0.6 is 0 Å². The molecule has 0 aromatic heterocycles. The Morgan fingerprint density at radius 3 is 2.04 bits per heavy atom. The maximum absolute atomic E-state index is 12.6. The van der Waals surface area contributed by atoms with Gasteiger partial charge in [-0.2, -0.15) is 0 Å². The summed E-state index contributed by atoms with van der Waals surface area (Å²) in [6.07, 6.45) is 6.40. The van der Waals surface area contributed by atoms with Crippen molar-refractivity contribution < 1.29 is 9.90 Å². The van der Waals surface area contributed by atoms with Crippen LogP contribution in [0.5, 0.6) is 5.75 Å². The van der Waals surface area contributed by atoms with Gasteiger partial charge in [-0.25, -0.2) is 0 Å². The molecule has 24 heavy (non-hydrogen) atoms. The molecule has 1 N–H and O–H groups in total. The van der Waals surface area contributed by atoms with Gasteiger partial charge in [-0.1, -0.05) is 19.3 Å². The lowest BCUT2D eigenvalue weighted by Gasteiger charge is -2.37. The van der Waals surface area contributed by atoms with Gasteiger partial charge in [-0.05, 0) is 50.2 Å². The van der Waals surface area contributed by atoms with Gasteiger partial charge in [0.2, 0.25) is 5.91 Å². The molecular formula is C19H29N3O2. The van der Waals surface area contributed by atoms with Crippen molar-refractivity contribution in [3.8, 4) is 5.75 Å². The van der Waals surface area contributed by atoms with E-state index in [4.69, 9.17) is 0 Å². The molecule has 2 aliphatic rings. The van der Waals surface area contributed by atoms with Crippen LogP contribution in [-0.4, -0.2) is 66.6 Å². The maximum atomic E-state index is 12.6. The molecule has 132 valence electrons. The first-order valence-corrected chi connectivity index (χ1v) is 9.26. The van der Waals surface area contributed by atoms with E-state index in [1.807, 2.05) is 17.0 Å². The van der Waals surface area contributed by atoms with Crippen LogP contribution in [0, 0.1) is 0 Å². The van der Waals surface area contributed by atoms with Crippen molar-refractivity contribution >= 4 is 11.6 Å². The summed E-state index contributed by atoms with van der Waals surface area (Å²) >= 11 is 0. The second-order valence-electron chi connectivity index (χ2n) is 6.93. The average Bonchev–Trinajstić information content (AvgIpc) is 2.58. The Labute approximate surface area is 144 Å². The van der Waals surface area contributed by atoms with E-state index in [-0.39, 0.29) is 5.91 Å². The number of likely N-dealkylation sites (tertiary alicyclic amines) is 1. The van der Waals surface area contributed by atoms with E-state index in [0.717, 1.165) is 45.0 Å². The number of nitrogens with zero attached hydrogens (tertiary/aromatic N) is 3. The molecule has 0 atom stereocenters. The summed E-state index contributed by atoms with van der Waals surface area (Å²) < 4.78 is 0. The highest BCUT2D eigenvalue weighted by atomic mass is 16.3. The number of hydrogen-bond acceptors (Lipinski definition) is 4. The summed E-state index contributed by atoms with van der Waals surface area (Å²) in [5.74, 6) is 0.571. The van der Waals surface area contributed by atoms with Gasteiger partial charge >= 0.3 is 0 Å². The summed E-state index contributed by atoms with van der Waals surface area (Å²) in [5, 5.41) is 9.39. The molecular weight excluding hydrogens is 302 g/mol. The second kappa shape index (κ2) is 8.38. The van der Waals surface area contributed by atoms with E-state index < -0.39 is 0 Å². The SMILES string of the molecule is O=C(CN1CCCCCCC1)N1CCN(c2ccc(O)cc2)CC1. The zero-order valence-electron chi connectivity index (χ0n) is 14.5. The van der Waals surface area contributed by atoms with Crippen LogP contribution in [0.1, 0.15) is 32.1 Å². The van der Waals surface area contributed by atoms with Gasteiger partial charge in [0.15, 0.2) is 0 Å². The van der Waals surface area contributed by atoms with Crippen LogP contribution in [-0.2, 0) is 4.79 Å². The zero-order chi connectivity index (χ0) is 16.8. The molecule has 2 heterocycles. The quantitative estimate of drug-likeness (QED) is 0.923. The summed E-state index contributed by atoms with van der Waals surface area (Å²) in [4.78, 5) is 19.2. The molecule has 0 radical (unpaired) electrons. The fourth-order valence-electron chi connectivity index (χ4n) is 3.64. The number of amides is 1. The molecule has 2 aliphatic heterocycles. The number of phenols is 1. The number of phenolic OH excluding ortho intramolecular Hbond substituents is 1. The third-order valence-electron chi connectivity index (χ3n) is 5.15. The van der Waals surface area contributed by atoms with Gasteiger partial charge < -0.3 is 14.9 Å². The minimum atomic E-state index is 0.279. The summed E-state index contributed by atoms with van der Waals surface area (Å²) in [7, 11) is 0. The summed E-state index contributed by atoms with van der Waals surface area (Å²) in [6, 6.07) is 7.31. The predicted octanol–water partition coefficient (Wildman–Crippen LogP) is 2.31. The van der Waals surface area contributed by atoms with E-state index >= 15 is 0 Å². The summed E-state index contributed by atoms with van der Waals surface area (Å²) in [6.45, 7) is 6.01. The van der Waals surface area contributed by atoms with Gasteiger partial charge in [-0.3, -0.25) is 9.69 Å². The second-order valence-corrected chi connectivity index (χ2v) is 6.93. The standard InChI is InChI=1S/C19H29N3O2/c23-18-8-6-17(7-9-18)21-12-14-22(15-13-21)19(24)16-20-10-4-2-1-3-5-11-20/h6-9,23H,1-5,10-16H2. The van der Waals surface area contributed by atoms with E-state index in [1.165, 1.54) is 32.1 Å². The van der Waals surface area contributed by atoms with Gasteiger partial charge in [0.25, 0.3) is 0 Å². The number of carbonyl (C=O) groups is 1. The Balaban J connectivity index is 1.46. The number of benzene rings is 1. The van der Waals surface area contributed by atoms with Crippen molar-refractivity contribution in [3.05, 3.63) is 24.3 Å². The normalized spacial score (nSPS) is 20.5. The van der Waals surface area contributed by atoms with Crippen molar-refractivity contribution in [1.29, 1.82) is 0 Å². The fraction of sp³-hybridized carbons (Fsp3) is 0.632. The first-order chi connectivity index (χ1) is 11.7. The van der Waals surface area contributed by atoms with Crippen molar-refractivity contribution in [2.24, 2.45) is 0 Å². The molecule has 2 saturated heterocycles. The Morgan fingerprint density at radius 1 is 0.833 bits per heavy atom.